The van der Waals surface area contributed by atoms with Gasteiger partial charge in [-0.3, -0.25) is 9.38 Å². The Morgan fingerprint density at radius 3 is 2.59 bits per heavy atom. The number of anilines is 2. The smallest absolute Gasteiger partial charge is 0.233 e. The molecule has 3 aromatic rings. The van der Waals surface area contributed by atoms with Gasteiger partial charge in [-0.05, 0) is 31.9 Å². The molecule has 182 valence electrons. The molecule has 2 aromatic heterocycles. The molecule has 1 aromatic carbocycles. The second kappa shape index (κ2) is 10.9. The number of fused-ring (bicyclic) bond motifs is 1. The van der Waals surface area contributed by atoms with Gasteiger partial charge in [0.15, 0.2) is 22.6 Å². The molecule has 3 N–H and O–H groups in total. The number of ether oxygens (including phenoxy) is 1. The van der Waals surface area contributed by atoms with Gasteiger partial charge >= 0.3 is 0 Å². The molecule has 11 heteroatoms. The Balaban J connectivity index is 0.00000158. The molecule has 0 fully saturated rings. The Bertz CT molecular complexity index is 1190. The normalized spacial score (nSPS) is 19.9. The van der Waals surface area contributed by atoms with Crippen LogP contribution in [0, 0.1) is 17.6 Å². The molecule has 0 radical (unpaired) electrons. The summed E-state index contributed by atoms with van der Waals surface area (Å²) in [7, 11) is 0.500. The molecule has 3 atom stereocenters. The maximum atomic E-state index is 14.8. The average Bonchev–Trinajstić information content (AvgIpc) is 2.79. The number of halogens is 3. The lowest BCUT2D eigenvalue weighted by molar-refractivity contribution is 0.232. The first-order valence-corrected chi connectivity index (χ1v) is 11.5. The van der Waals surface area contributed by atoms with Crippen molar-refractivity contribution in [3.63, 3.8) is 0 Å². The van der Waals surface area contributed by atoms with Gasteiger partial charge in [0.25, 0.3) is 0 Å². The third kappa shape index (κ3) is 5.52. The van der Waals surface area contributed by atoms with Crippen LogP contribution in [0.5, 0.6) is 5.88 Å². The van der Waals surface area contributed by atoms with Crippen molar-refractivity contribution in [2.75, 3.05) is 12.5 Å². The number of aliphatic imine (C=N–C) groups is 1. The van der Waals surface area contributed by atoms with Gasteiger partial charge in [0.05, 0.1) is 31.0 Å². The lowest BCUT2D eigenvalue weighted by atomic mass is 9.91. The van der Waals surface area contributed by atoms with Gasteiger partial charge in [0, 0.05) is 28.8 Å². The highest BCUT2D eigenvalue weighted by molar-refractivity contribution is 8.14. The number of nitrogens with two attached hydrogens (primary N) is 1. The van der Waals surface area contributed by atoms with E-state index in [9.17, 15) is 13.2 Å². The van der Waals surface area contributed by atoms with Crippen LogP contribution in [0.2, 0.25) is 0 Å². The first-order valence-electron chi connectivity index (χ1n) is 10.6. The van der Waals surface area contributed by atoms with E-state index < -0.39 is 17.7 Å². The monoisotopic (exact) mass is 492 g/mol. The molecule has 0 spiro atoms. The third-order valence-electron chi connectivity index (χ3n) is 5.24. The van der Waals surface area contributed by atoms with Crippen LogP contribution in [0.3, 0.4) is 0 Å². The SMILES string of the molecule is CC(C)Oc1cnc2c(Nc3cc(F)c(F)c(C4N=C(N)SC(C)[C@H]4C)c3)nccc2n1.CF. The van der Waals surface area contributed by atoms with E-state index in [-0.39, 0.29) is 22.8 Å². The molecule has 1 aliphatic heterocycles. The number of nitrogens with zero attached hydrogens (tertiary/aromatic N) is 4. The van der Waals surface area contributed by atoms with Crippen LogP contribution in [0.4, 0.5) is 24.7 Å². The van der Waals surface area contributed by atoms with Gasteiger partial charge in [-0.25, -0.2) is 23.7 Å². The summed E-state index contributed by atoms with van der Waals surface area (Å²) in [5.41, 5.74) is 7.43. The number of nitrogens with one attached hydrogen (secondary N) is 1. The molecule has 4 rings (SSSR count). The predicted octanol–water partition coefficient (Wildman–Crippen LogP) is 5.55. The third-order valence-corrected chi connectivity index (χ3v) is 6.39. The number of thioether (sulfide) groups is 1. The van der Waals surface area contributed by atoms with E-state index in [1.807, 2.05) is 27.7 Å². The van der Waals surface area contributed by atoms with Gasteiger partial charge in [-0.15, -0.1) is 0 Å². The number of benzene rings is 1. The molecule has 0 saturated carbocycles. The van der Waals surface area contributed by atoms with Crippen molar-refractivity contribution in [1.82, 2.24) is 15.0 Å². The molecule has 3 heterocycles. The first-order chi connectivity index (χ1) is 16.2. The maximum Gasteiger partial charge on any atom is 0.233 e. The number of hydrogen-bond acceptors (Lipinski definition) is 8. The van der Waals surface area contributed by atoms with Gasteiger partial charge < -0.3 is 15.8 Å². The van der Waals surface area contributed by atoms with Crippen LogP contribution < -0.4 is 15.8 Å². The van der Waals surface area contributed by atoms with Crippen LogP contribution in [0.25, 0.3) is 11.0 Å². The second-order valence-electron chi connectivity index (χ2n) is 7.98. The van der Waals surface area contributed by atoms with Crippen LogP contribution in [-0.4, -0.2) is 38.7 Å². The Morgan fingerprint density at radius 2 is 1.88 bits per heavy atom. The summed E-state index contributed by atoms with van der Waals surface area (Å²) in [5, 5.41) is 3.53. The molecule has 7 nitrogen and oxygen atoms in total. The Morgan fingerprint density at radius 1 is 1.15 bits per heavy atom. The van der Waals surface area contributed by atoms with Gasteiger partial charge in [0.1, 0.15) is 5.52 Å². The van der Waals surface area contributed by atoms with Crippen molar-refractivity contribution >= 4 is 39.5 Å². The van der Waals surface area contributed by atoms with Crippen molar-refractivity contribution in [2.24, 2.45) is 16.6 Å². The summed E-state index contributed by atoms with van der Waals surface area (Å²) in [6.07, 6.45) is 3.03. The van der Waals surface area contributed by atoms with E-state index in [1.54, 1.807) is 18.3 Å². The molecular weight excluding hydrogens is 465 g/mol. The largest absolute Gasteiger partial charge is 0.474 e. The highest BCUT2D eigenvalue weighted by Crippen LogP contribution is 2.40. The van der Waals surface area contributed by atoms with E-state index >= 15 is 0 Å². The minimum absolute atomic E-state index is 0.0302. The van der Waals surface area contributed by atoms with Crippen LogP contribution >= 0.6 is 11.8 Å². The lowest BCUT2D eigenvalue weighted by Gasteiger charge is -2.31. The van der Waals surface area contributed by atoms with Gasteiger partial charge in [-0.2, -0.15) is 0 Å². The molecule has 0 amide bonds. The van der Waals surface area contributed by atoms with Crippen molar-refractivity contribution in [2.45, 2.75) is 45.1 Å². The molecule has 34 heavy (non-hydrogen) atoms. The fourth-order valence-electron chi connectivity index (χ4n) is 3.55. The molecule has 2 unspecified atom stereocenters. The predicted molar refractivity (Wildman–Crippen MR) is 130 cm³/mol. The van der Waals surface area contributed by atoms with Gasteiger partial charge in [0.2, 0.25) is 5.88 Å². The second-order valence-corrected chi connectivity index (χ2v) is 9.38. The van der Waals surface area contributed by atoms with E-state index in [4.69, 9.17) is 10.5 Å². The molecular formula is C23H27F3N6OS. The van der Waals surface area contributed by atoms with Gasteiger partial charge in [-0.1, -0.05) is 25.6 Å². The zero-order valence-corrected chi connectivity index (χ0v) is 20.3. The van der Waals surface area contributed by atoms with Crippen molar-refractivity contribution in [3.8, 4) is 5.88 Å². The number of aromatic nitrogens is 3. The number of pyridine rings is 1. The molecule has 0 bridgehead atoms. The number of amidine groups is 1. The summed E-state index contributed by atoms with van der Waals surface area (Å²) in [6, 6.07) is 3.75. The van der Waals surface area contributed by atoms with Crippen LogP contribution in [-0.2, 0) is 0 Å². The standard InChI is InChI=1S/C22H24F2N6OS.CH3F/c1-10(2)31-17-9-27-20-16(29-17)5-6-26-21(20)28-13-7-14(18(24)15(23)8-13)19-11(3)12(4)32-22(25)30-19;1-2/h5-12,19H,1-4H3,(H2,25,30)(H,26,28);1H3/t11-,12?,19?;/m1./s1. The Hall–Kier alpha value is -3.08. The van der Waals surface area contributed by atoms with E-state index in [0.717, 1.165) is 6.07 Å². The van der Waals surface area contributed by atoms with Crippen molar-refractivity contribution < 1.29 is 17.9 Å². The highest BCUT2D eigenvalue weighted by atomic mass is 32.2. The topological polar surface area (TPSA) is 98.3 Å². The van der Waals surface area contributed by atoms with E-state index in [1.165, 1.54) is 18.0 Å². The fourth-order valence-corrected chi connectivity index (χ4v) is 4.46. The minimum atomic E-state index is -0.976. The number of rotatable bonds is 5. The highest BCUT2D eigenvalue weighted by Gasteiger charge is 2.32. The summed E-state index contributed by atoms with van der Waals surface area (Å²) in [4.78, 5) is 17.5. The van der Waals surface area contributed by atoms with Crippen molar-refractivity contribution in [3.05, 3.63) is 47.8 Å². The zero-order valence-electron chi connectivity index (χ0n) is 19.5. The van der Waals surface area contributed by atoms with E-state index in [0.29, 0.717) is 40.8 Å². The first kappa shape index (κ1) is 25.5. The zero-order chi connectivity index (χ0) is 25.0. The van der Waals surface area contributed by atoms with Crippen molar-refractivity contribution in [1.29, 1.82) is 0 Å². The average molecular weight is 493 g/mol. The minimum Gasteiger partial charge on any atom is -0.474 e. The summed E-state index contributed by atoms with van der Waals surface area (Å²) in [6.45, 7) is 7.75. The lowest BCUT2D eigenvalue weighted by Crippen LogP contribution is -2.29. The number of alkyl halides is 1. The Kier molecular flexibility index (Phi) is 8.19. The molecule has 0 aliphatic carbocycles. The van der Waals surface area contributed by atoms with E-state index in [2.05, 4.69) is 25.3 Å². The Labute approximate surface area is 200 Å². The quantitative estimate of drug-likeness (QED) is 0.482. The summed E-state index contributed by atoms with van der Waals surface area (Å²) >= 11 is 1.43. The van der Waals surface area contributed by atoms with Crippen LogP contribution in [0.15, 0.2) is 35.6 Å². The number of hydrogen-bond donors (Lipinski definition) is 2. The molecule has 0 saturated heterocycles. The summed E-state index contributed by atoms with van der Waals surface area (Å²) in [5.74, 6) is -1.17. The maximum absolute atomic E-state index is 14.8. The van der Waals surface area contributed by atoms with Crippen LogP contribution in [0.1, 0.15) is 39.3 Å². The molecule has 1 aliphatic rings. The fraction of sp³-hybridized carbons (Fsp3) is 0.391. The summed E-state index contributed by atoms with van der Waals surface area (Å²) < 4.78 is 44.4.